The average Bonchev–Trinajstić information content (AvgIpc) is 1.58. The van der Waals surface area contributed by atoms with Gasteiger partial charge >= 0.3 is 23.7 Å². The molecule has 5 heterocycles. The van der Waals surface area contributed by atoms with E-state index in [4.69, 9.17) is 72.3 Å². The third kappa shape index (κ3) is 20.3. The van der Waals surface area contributed by atoms with Gasteiger partial charge in [-0.25, -0.2) is 24.2 Å². The zero-order chi connectivity index (χ0) is 82.9. The van der Waals surface area contributed by atoms with Gasteiger partial charge in [0.05, 0.1) is 56.3 Å². The molecular weight excluding hydrogens is 1500 g/mol. The molecule has 1 aromatic heterocycles. The minimum Gasteiger partial charge on any atom is -0.480 e. The normalized spacial score (nSPS) is 40.9. The molecule has 37 atom stereocenters. The fraction of sp³-hybridized carbons (Fsp3) is 0.776. The van der Waals surface area contributed by atoms with Gasteiger partial charge in [0.25, 0.3) is 5.56 Å². The number of rotatable bonds is 26. The van der Waals surface area contributed by atoms with Gasteiger partial charge < -0.3 is 210 Å². The Morgan fingerprint density at radius 1 is 0.718 bits per heavy atom. The highest BCUT2D eigenvalue weighted by molar-refractivity contribution is 5.88. The van der Waals surface area contributed by atoms with Gasteiger partial charge in [-0.05, 0) is 26.0 Å². The lowest BCUT2D eigenvalue weighted by molar-refractivity contribution is -0.328. The van der Waals surface area contributed by atoms with E-state index in [1.54, 1.807) is 4.98 Å². The van der Waals surface area contributed by atoms with Crippen molar-refractivity contribution >= 4 is 42.1 Å². The third-order valence-corrected chi connectivity index (χ3v) is 19.4. The van der Waals surface area contributed by atoms with Crippen LogP contribution >= 0.6 is 0 Å². The predicted molar refractivity (Wildman–Crippen MR) is 351 cm³/mol. The molecule has 7 aliphatic rings. The van der Waals surface area contributed by atoms with Crippen LogP contribution in [0, 0.1) is 11.3 Å². The summed E-state index contributed by atoms with van der Waals surface area (Å²) in [6.45, 7) is -2.04. The number of carboxylic acid groups (broad SMARTS) is 2. The number of aromatic nitrogens is 2. The molecule has 8 rings (SSSR count). The van der Waals surface area contributed by atoms with Crippen LogP contribution in [0.15, 0.2) is 32.4 Å². The Kier molecular flexibility index (Phi) is 32.7. The fourth-order valence-corrected chi connectivity index (χ4v) is 13.1. The lowest BCUT2D eigenvalue weighted by Gasteiger charge is -2.47. The first-order valence-electron chi connectivity index (χ1n) is 33.3. The summed E-state index contributed by atoms with van der Waals surface area (Å²) < 4.78 is 43.7. The molecule has 4 saturated heterocycles. The van der Waals surface area contributed by atoms with Gasteiger partial charge in [0.1, 0.15) is 152 Å². The molecule has 0 unspecified atom stereocenters. The van der Waals surface area contributed by atoms with Crippen LogP contribution in [0.2, 0.25) is 0 Å². The number of hydrogen-bond donors (Lipinski definition) is 35. The maximum absolute atomic E-state index is 12.4. The number of hydrogen-bond acceptors (Lipinski definition) is 42. The summed E-state index contributed by atoms with van der Waals surface area (Å²) in [4.78, 5) is 87.1. The van der Waals surface area contributed by atoms with Crippen molar-refractivity contribution < 1.29 is 184 Å². The minimum atomic E-state index is -2.39. The van der Waals surface area contributed by atoms with Crippen molar-refractivity contribution in [2.45, 2.75) is 233 Å². The van der Waals surface area contributed by atoms with E-state index in [2.05, 4.69) is 25.7 Å². The number of primary amides is 1. The lowest BCUT2D eigenvalue weighted by Crippen LogP contribution is -2.70. The summed E-state index contributed by atoms with van der Waals surface area (Å²) in [6.07, 6.45) is -45.7. The number of aliphatic imine (C=N–C) groups is 1. The molecule has 2 amide bonds. The highest BCUT2D eigenvalue weighted by Gasteiger charge is 2.62. The van der Waals surface area contributed by atoms with Crippen molar-refractivity contribution in [3.63, 3.8) is 0 Å². The van der Waals surface area contributed by atoms with Crippen LogP contribution in [0.4, 0.5) is 4.79 Å². The van der Waals surface area contributed by atoms with E-state index in [-0.39, 0.29) is 18.3 Å². The quantitative estimate of drug-likeness (QED) is 0.0177. The number of aldehydes is 1. The van der Waals surface area contributed by atoms with Crippen LogP contribution in [0.25, 0.3) is 0 Å². The molecule has 6 fully saturated rings. The zero-order valence-electron chi connectivity index (χ0n) is 57.9. The molecular formula is C58H97N13O39. The van der Waals surface area contributed by atoms with E-state index in [1.165, 1.54) is 20.0 Å². The maximum Gasteiger partial charge on any atom is 0.404 e. The smallest absolute Gasteiger partial charge is 0.404 e. The Morgan fingerprint density at radius 2 is 1.31 bits per heavy atom. The number of nitrogens with two attached hydrogens (primary N) is 5. The number of nitrogens with one attached hydrogen (secondary N) is 6. The minimum absolute atomic E-state index is 0.0129. The Morgan fingerprint density at radius 3 is 1.85 bits per heavy atom. The Bertz CT molecular complexity index is 3440. The average molecular weight is 1600 g/mol. The number of amides is 2. The summed E-state index contributed by atoms with van der Waals surface area (Å²) in [5.41, 5.74) is 20.6. The van der Waals surface area contributed by atoms with Crippen molar-refractivity contribution in [3.05, 3.63) is 44.2 Å². The second-order valence-electron chi connectivity index (χ2n) is 26.5. The maximum atomic E-state index is 12.4. The number of carbonyl (C=O) groups excluding carboxylic acids is 3. The van der Waals surface area contributed by atoms with E-state index >= 15 is 0 Å². The highest BCUT2D eigenvalue weighted by atomic mass is 16.8. The first-order chi connectivity index (χ1) is 51.4. The van der Waals surface area contributed by atoms with Crippen molar-refractivity contribution in [2.24, 2.45) is 39.6 Å². The summed E-state index contributed by atoms with van der Waals surface area (Å²) in [7, 11) is 1.42. The number of aromatic carboxylic acids is 1. The third-order valence-electron chi connectivity index (χ3n) is 19.4. The molecule has 0 bridgehead atoms. The number of aliphatic carboxylic acids is 1. The number of H-pyrrole nitrogens is 1. The number of carboxylic acids is 2. The number of aromatic amines is 1. The zero-order valence-corrected chi connectivity index (χ0v) is 57.9. The second-order valence-corrected chi connectivity index (χ2v) is 26.5. The molecule has 3 aliphatic carbocycles. The number of aliphatic hydroxyl groups excluding tert-OH is 21. The number of guanidine groups is 2. The first kappa shape index (κ1) is 91.9. The van der Waals surface area contributed by atoms with Crippen molar-refractivity contribution in [1.29, 1.82) is 5.41 Å². The van der Waals surface area contributed by atoms with E-state index < -0.39 is 311 Å². The largest absolute Gasteiger partial charge is 0.480 e. The molecule has 40 N–H and O–H groups in total. The summed E-state index contributed by atoms with van der Waals surface area (Å²) >= 11 is 0. The molecule has 110 heavy (non-hydrogen) atoms. The van der Waals surface area contributed by atoms with Crippen LogP contribution in [0.1, 0.15) is 29.9 Å². The number of carbonyl (C=O) groups is 5. The fourth-order valence-electron chi connectivity index (χ4n) is 13.1. The molecule has 4 aliphatic heterocycles. The van der Waals surface area contributed by atoms with E-state index in [0.29, 0.717) is 10.8 Å². The summed E-state index contributed by atoms with van der Waals surface area (Å²) in [5.74, 6) is -6.97. The van der Waals surface area contributed by atoms with E-state index in [9.17, 15) is 151 Å². The SMILES string of the molecule is CN[C@@H]1[C@H](O[C@H]2[C@H](O[C@H]3[C@H](O)[C@@H](O)[C@H](N=C(N)N)[C@@H](O)[C@@H]3NC(=N)N)O[C@@H](C)[C@]2(O)C=O)O[C@@H](CO)[C@H](O)[C@H]1O.NC(=O)OC[C@@H](O)[C@H](O)[C@@H](N)C(=O)N[C@H](C(=O)O)[C@H]1O[C@@H](n2cc(C(=O)O)c(=O)[nH]c2=O)[C@H](O)[C@@H]1O.OCC1=C[C@H](N[C@H]2C[C@H](CO)[C@@H](O[C@@H]3O[C@H](CO)[C@@H](O)[C@H](O)[C@H]3O)[C@H](O)[C@H]2O)[C@H](O)[C@@H](O)[C@H]1O. The lowest BCUT2D eigenvalue weighted by atomic mass is 9.78. The molecule has 52 nitrogen and oxygen atoms in total. The number of ether oxygens (including phenoxy) is 8. The number of aliphatic hydroxyl groups is 22. The topological polar surface area (TPSA) is 914 Å². The van der Waals surface area contributed by atoms with Gasteiger partial charge in [-0.3, -0.25) is 29.3 Å². The van der Waals surface area contributed by atoms with Crippen LogP contribution in [0.5, 0.6) is 0 Å². The Hall–Kier alpha value is -6.97. The van der Waals surface area contributed by atoms with E-state index in [0.717, 1.165) is 0 Å². The first-order valence-corrected chi connectivity index (χ1v) is 33.3. The second kappa shape index (κ2) is 39.2. The number of nitrogens with zero attached hydrogens (tertiary/aromatic N) is 2. The van der Waals surface area contributed by atoms with Crippen molar-refractivity contribution in [2.75, 3.05) is 40.1 Å². The summed E-state index contributed by atoms with van der Waals surface area (Å²) in [6, 6.07) is -10.1. The molecule has 2 saturated carbocycles. The standard InChI is InChI=1S/C21H39N7O12.C20H35NO13.C17H23N5O14/c1-5-21(36,4-30)16(40-17-9(26-2)13(34)10(31)6(3-29)38-17)18(37-5)39-15-8(28-20(24)25)11(32)7(27-19(22)23)12(33)14(15)35;22-3-6-1-8(12(26)15(29)11(6)25)21-9-2-7(4-23)19(17(31)13(9)27)34-20-18(32)16(30)14(28)10(5-24)33-20;18-5(7(24)4(23)2-35-16(19)33)12(28)20-6(15(31)32)10-8(25)9(26)13(36-10)22-1-3(14(29)30)11(27)21-17(22)34/h4-18,26,29,31-36H,3H2,1-2H3,(H4,22,23,27)(H4,24,25,28);1,7-32H,2-5H2;1,4-10,13,23-26H,2,18H2,(H2,19,33)(H,20,28)(H,29,30)(H,31,32)(H,21,27,34)/t5-,6-,7+,8-,9-,10-,11+,12-,13-,14+,15+,16-,17-,18-,21+;7-,8+,9+,10-,11+,12+,13+,14-,15+,16+,17-,18-,19-,20+;4-,5-,6+,7+,8+,9-,10-,13-/m011/s1. The van der Waals surface area contributed by atoms with Crippen molar-refractivity contribution in [1.82, 2.24) is 30.8 Å². The van der Waals surface area contributed by atoms with Gasteiger partial charge in [0, 0.05) is 24.8 Å². The number of likely N-dealkylation sites (N-methyl/N-ethyl adjacent to an activating group) is 1. The molecule has 52 heteroatoms. The summed E-state index contributed by atoms with van der Waals surface area (Å²) in [5, 5.41) is 260. The molecule has 0 spiro atoms. The van der Waals surface area contributed by atoms with Crippen LogP contribution in [-0.2, 0) is 52.3 Å². The van der Waals surface area contributed by atoms with Gasteiger partial charge in [-0.2, -0.15) is 0 Å². The van der Waals surface area contributed by atoms with Crippen LogP contribution in [-0.4, -0.2) is 428 Å². The van der Waals surface area contributed by atoms with Gasteiger partial charge in [-0.15, -0.1) is 0 Å². The molecule has 0 radical (unpaired) electrons. The van der Waals surface area contributed by atoms with E-state index in [1.807, 2.05) is 5.32 Å². The predicted octanol–water partition coefficient (Wildman–Crippen LogP) is -21.1. The monoisotopic (exact) mass is 1600 g/mol. The molecule has 0 aromatic carbocycles. The van der Waals surface area contributed by atoms with Gasteiger partial charge in [0.2, 0.25) is 5.91 Å². The Balaban J connectivity index is 0.000000259. The van der Waals surface area contributed by atoms with Crippen molar-refractivity contribution in [3.8, 4) is 0 Å². The van der Waals surface area contributed by atoms with Crippen LogP contribution < -0.4 is 61.2 Å². The van der Waals surface area contributed by atoms with Gasteiger partial charge in [-0.1, -0.05) is 6.08 Å². The van der Waals surface area contributed by atoms with Crippen LogP contribution in [0.3, 0.4) is 0 Å². The Labute approximate surface area is 618 Å². The molecule has 628 valence electrons. The molecule has 1 aromatic rings. The van der Waals surface area contributed by atoms with Gasteiger partial charge in [0.15, 0.2) is 54.9 Å². The highest BCUT2D eigenvalue weighted by Crippen LogP contribution is 2.40.